The Morgan fingerprint density at radius 3 is 1.92 bits per heavy atom. The molecule has 4 rings (SSSR count). The Labute approximate surface area is 549 Å². The summed E-state index contributed by atoms with van der Waals surface area (Å²) in [5, 5.41) is 36.6. The number of nitrogens with one attached hydrogen (secondary N) is 6. The zero-order valence-electron chi connectivity index (χ0n) is 57.0. The molecule has 2 heterocycles. The van der Waals surface area contributed by atoms with Crippen molar-refractivity contribution in [3.8, 4) is 0 Å². The summed E-state index contributed by atoms with van der Waals surface area (Å²) in [6.07, 6.45) is 4.24. The summed E-state index contributed by atoms with van der Waals surface area (Å²) < 4.78 is 12.0. The molecule has 2 aliphatic heterocycles. The minimum Gasteiger partial charge on any atom is -0.480 e. The normalized spacial score (nSPS) is 17.7. The first kappa shape index (κ1) is 78.3. The Balaban J connectivity index is 1.38. The molecule has 25 nitrogen and oxygen atoms in total. The van der Waals surface area contributed by atoms with Gasteiger partial charge >= 0.3 is 5.97 Å². The van der Waals surface area contributed by atoms with Crippen LogP contribution in [0, 0.1) is 29.6 Å². The van der Waals surface area contributed by atoms with Crippen LogP contribution in [0.2, 0.25) is 0 Å². The predicted molar refractivity (Wildman–Crippen MR) is 353 cm³/mol. The third kappa shape index (κ3) is 24.0. The summed E-state index contributed by atoms with van der Waals surface area (Å²) in [4.78, 5) is 141. The van der Waals surface area contributed by atoms with E-state index in [2.05, 4.69) is 31.9 Å². The number of nitrogens with two attached hydrogens (primary N) is 1. The number of likely N-dealkylation sites (N-methyl/N-ethyl adjacent to an activating group) is 2. The molecule has 25 heteroatoms. The fourth-order valence-corrected chi connectivity index (χ4v) is 12.3. The number of hydrogen-bond donors (Lipinski definition) is 9. The topological polar surface area (TPSA) is 341 Å². The van der Waals surface area contributed by atoms with Crippen molar-refractivity contribution in [2.75, 3.05) is 59.8 Å². The van der Waals surface area contributed by atoms with Crippen LogP contribution >= 0.6 is 0 Å². The van der Waals surface area contributed by atoms with E-state index in [9.17, 15) is 58.2 Å². The quantitative estimate of drug-likeness (QED) is 0.0260. The molecular weight excluding hydrogens is 1190 g/mol. The molecule has 2 unspecified atom stereocenters. The number of aliphatic hydroxyl groups excluding tert-OH is 1. The third-order valence-corrected chi connectivity index (χ3v) is 17.8. The number of likely N-dealkylation sites (tertiary alicyclic amines) is 1. The molecule has 2 aromatic rings. The molecule has 0 spiro atoms. The van der Waals surface area contributed by atoms with Crippen LogP contribution in [-0.2, 0) is 70.3 Å². The van der Waals surface area contributed by atoms with Crippen LogP contribution < -0.4 is 37.6 Å². The number of ether oxygens (including phenoxy) is 2. The van der Waals surface area contributed by atoms with Crippen LogP contribution in [0.25, 0.3) is 0 Å². The van der Waals surface area contributed by atoms with Crippen molar-refractivity contribution in [2.45, 2.75) is 200 Å². The number of carboxylic acids is 1. The molecule has 0 saturated carbocycles. The Hall–Kier alpha value is -7.16. The number of benzene rings is 2. The lowest BCUT2D eigenvalue weighted by Gasteiger charge is -2.41. The van der Waals surface area contributed by atoms with Gasteiger partial charge in [-0.3, -0.25) is 64.0 Å². The first-order valence-corrected chi connectivity index (χ1v) is 32.9. The Kier molecular flexibility index (Phi) is 32.7. The molecule has 12 atom stereocenters. The Morgan fingerprint density at radius 1 is 0.720 bits per heavy atom. The number of hydrogen-bond acceptors (Lipinski definition) is 16. The van der Waals surface area contributed by atoms with Crippen molar-refractivity contribution >= 4 is 64.8 Å². The molecule has 2 aromatic carbocycles. The van der Waals surface area contributed by atoms with Crippen molar-refractivity contribution in [1.82, 2.24) is 46.2 Å². The molecule has 518 valence electrons. The average molecular weight is 1300 g/mol. The van der Waals surface area contributed by atoms with E-state index < -0.39 is 90.5 Å². The summed E-state index contributed by atoms with van der Waals surface area (Å²) in [5.74, 6) is -6.52. The molecule has 1 saturated heterocycles. The number of imide groups is 1. The van der Waals surface area contributed by atoms with Gasteiger partial charge in [0.25, 0.3) is 11.8 Å². The second-order valence-electron chi connectivity index (χ2n) is 25.9. The molecule has 2 aliphatic rings. The molecular formula is C68H107N11O14. The van der Waals surface area contributed by atoms with Crippen molar-refractivity contribution in [3.05, 3.63) is 77.9 Å². The van der Waals surface area contributed by atoms with Crippen LogP contribution in [0.4, 0.5) is 5.69 Å². The van der Waals surface area contributed by atoms with Gasteiger partial charge in [-0.2, -0.15) is 0 Å². The summed E-state index contributed by atoms with van der Waals surface area (Å²) in [6.45, 7) is 18.2. The highest BCUT2D eigenvalue weighted by molar-refractivity contribution is 6.12. The smallest absolute Gasteiger partial charge is 0.326 e. The maximum absolute atomic E-state index is 14.9. The number of aliphatic carboxylic acids is 1. The fourth-order valence-electron chi connectivity index (χ4n) is 12.3. The molecule has 0 bridgehead atoms. The van der Waals surface area contributed by atoms with E-state index in [0.717, 1.165) is 16.0 Å². The molecule has 10 N–H and O–H groups in total. The monoisotopic (exact) mass is 1300 g/mol. The summed E-state index contributed by atoms with van der Waals surface area (Å²) >= 11 is 0. The summed E-state index contributed by atoms with van der Waals surface area (Å²) in [5.41, 5.74) is 7.58. The number of rotatable bonds is 41. The van der Waals surface area contributed by atoms with E-state index in [1.165, 1.54) is 26.4 Å². The average Bonchev–Trinajstić information content (AvgIpc) is 1.83. The maximum atomic E-state index is 14.9. The molecule has 9 amide bonds. The van der Waals surface area contributed by atoms with Crippen molar-refractivity contribution in [2.24, 2.45) is 35.3 Å². The van der Waals surface area contributed by atoms with Crippen LogP contribution in [0.3, 0.4) is 0 Å². The second kappa shape index (κ2) is 38.9. The minimum absolute atomic E-state index is 0.0879. The molecule has 93 heavy (non-hydrogen) atoms. The van der Waals surface area contributed by atoms with Gasteiger partial charge in [0.1, 0.15) is 24.2 Å². The molecule has 0 radical (unpaired) electrons. The lowest BCUT2D eigenvalue weighted by atomic mass is 9.89. The number of amides is 9. The number of methoxy groups -OCH3 is 2. The first-order valence-electron chi connectivity index (χ1n) is 32.9. The number of carbonyl (C=O) groups excluding carboxylic acids is 9. The fraction of sp³-hybridized carbons (Fsp3) is 0.647. The highest BCUT2D eigenvalue weighted by atomic mass is 16.5. The number of carboxylic acid groups (broad SMARTS) is 1. The number of unbranched alkanes of at least 4 members (excludes halogenated alkanes) is 2. The predicted octanol–water partition coefficient (Wildman–Crippen LogP) is 3.71. The standard InChI is InChI=1S/C68H107N11O14/c1-14-44(8)60(52(92-12)40-56(83)78-37-22-26-51(78)61(93-13)45(9)62(84)73-50(67(89)90)39-47-23-17-15-18-24-47)77(11)66(88)58(42(4)5)75-65(87)59(43(6)7)76(10)38-34-46-28-30-48(31-29-46)71-63(85)49(25-21-35-70-68(69)91)72-64(86)57(41(2)3)74-53(80)27-19-16-20-36-79-54(81)32-33-55(79)82/h15,17-18,23-24,28-33,41-45,49-52,57-61,68,70,91H,14,16,19-22,25-27,34-40,69H2,1-13H3,(H,71,85)(H,72,86)(H,73,84)(H,74,80)(H,75,87)(H,89,90)/t44-,45+,49-,50-,51-,52+,57-,58-,59?,60?,61+,68+/m0/s1. The summed E-state index contributed by atoms with van der Waals surface area (Å²) in [6, 6.07) is 10.4. The van der Waals surface area contributed by atoms with E-state index in [0.29, 0.717) is 70.1 Å². The Bertz CT molecular complexity index is 2780. The third-order valence-electron chi connectivity index (χ3n) is 17.8. The second-order valence-corrected chi connectivity index (χ2v) is 25.9. The lowest BCUT2D eigenvalue weighted by Crippen LogP contribution is -2.60. The largest absolute Gasteiger partial charge is 0.480 e. The van der Waals surface area contributed by atoms with Gasteiger partial charge < -0.3 is 56.1 Å². The van der Waals surface area contributed by atoms with Crippen LogP contribution in [0.15, 0.2) is 66.7 Å². The number of carbonyl (C=O) groups is 10. The summed E-state index contributed by atoms with van der Waals surface area (Å²) in [7, 11) is 6.52. The zero-order valence-corrected chi connectivity index (χ0v) is 57.0. The van der Waals surface area contributed by atoms with E-state index in [-0.39, 0.29) is 97.9 Å². The highest BCUT2D eigenvalue weighted by Gasteiger charge is 2.44. The molecule has 0 aromatic heterocycles. The number of nitrogens with zero attached hydrogens (tertiary/aromatic N) is 4. The maximum Gasteiger partial charge on any atom is 0.326 e. The van der Waals surface area contributed by atoms with Crippen molar-refractivity contribution in [3.63, 3.8) is 0 Å². The Morgan fingerprint density at radius 2 is 1.35 bits per heavy atom. The van der Waals surface area contributed by atoms with Crippen molar-refractivity contribution in [1.29, 1.82) is 0 Å². The zero-order chi connectivity index (χ0) is 69.2. The van der Waals surface area contributed by atoms with E-state index in [1.807, 2.05) is 71.7 Å². The van der Waals surface area contributed by atoms with E-state index >= 15 is 0 Å². The minimum atomic E-state index is -1.27. The SMILES string of the molecule is CC[C@H](C)C([C@@H](CC(=O)N1CCC[C@H]1[C@H](OC)[C@@H](C)C(=O)N[C@@H](Cc1ccccc1)C(=O)O)OC)N(C)C(=O)[C@@H](NC(=O)C(C(C)C)N(C)CCc1ccc(NC(=O)[C@H](CCCN[C@@H](N)O)NC(=O)[C@@H](NC(=O)CCCCCN2C(=O)C=CC2=O)C(C)C)cc1)C(C)C. The van der Waals surface area contributed by atoms with Crippen LogP contribution in [0.5, 0.6) is 0 Å². The van der Waals surface area contributed by atoms with E-state index in [1.54, 1.807) is 74.0 Å². The van der Waals surface area contributed by atoms with E-state index in [4.69, 9.17) is 15.2 Å². The highest BCUT2D eigenvalue weighted by Crippen LogP contribution is 2.30. The van der Waals surface area contributed by atoms with Gasteiger partial charge in [0.15, 0.2) is 6.35 Å². The number of anilines is 1. The van der Waals surface area contributed by atoms with Crippen molar-refractivity contribution < 1.29 is 67.6 Å². The molecule has 0 aliphatic carbocycles. The van der Waals surface area contributed by atoms with Gasteiger partial charge in [-0.05, 0) is 105 Å². The van der Waals surface area contributed by atoms with Gasteiger partial charge in [0.05, 0.1) is 42.7 Å². The van der Waals surface area contributed by atoms with Crippen LogP contribution in [-0.4, -0.2) is 204 Å². The van der Waals surface area contributed by atoms with Gasteiger partial charge in [0, 0.05) is 71.6 Å². The molecule has 1 fully saturated rings. The van der Waals surface area contributed by atoms with Gasteiger partial charge in [-0.15, -0.1) is 0 Å². The lowest BCUT2D eigenvalue weighted by molar-refractivity contribution is -0.148. The van der Waals surface area contributed by atoms with Gasteiger partial charge in [0.2, 0.25) is 41.4 Å². The number of aliphatic hydroxyl groups is 1. The van der Waals surface area contributed by atoms with Gasteiger partial charge in [-0.1, -0.05) is 118 Å². The van der Waals surface area contributed by atoms with Gasteiger partial charge in [-0.25, -0.2) is 4.79 Å². The van der Waals surface area contributed by atoms with Crippen LogP contribution in [0.1, 0.15) is 138 Å². The first-order chi connectivity index (χ1) is 44.0.